The van der Waals surface area contributed by atoms with Gasteiger partial charge in [0, 0.05) is 11.6 Å². The number of rotatable bonds is 3. The molecule has 0 bridgehead atoms. The van der Waals surface area contributed by atoms with Crippen LogP contribution in [0.5, 0.6) is 0 Å². The van der Waals surface area contributed by atoms with Crippen LogP contribution in [0.15, 0.2) is 47.1 Å². The Labute approximate surface area is 101 Å². The van der Waals surface area contributed by atoms with Gasteiger partial charge in [0.05, 0.1) is 6.26 Å². The third kappa shape index (κ3) is 1.89. The molecule has 2 N–H and O–H groups in total. The van der Waals surface area contributed by atoms with Crippen LogP contribution in [-0.2, 0) is 0 Å². The molecular weight excluding hydrogens is 210 g/mol. The summed E-state index contributed by atoms with van der Waals surface area (Å²) < 4.78 is 5.32. The zero-order valence-corrected chi connectivity index (χ0v) is 9.97. The Hall–Kier alpha value is -1.54. The molecule has 17 heavy (non-hydrogen) atoms. The molecular formula is C15H17NO. The van der Waals surface area contributed by atoms with E-state index in [1.807, 2.05) is 13.0 Å². The number of benzene rings is 1. The normalized spacial score (nSPS) is 24.6. The van der Waals surface area contributed by atoms with Gasteiger partial charge in [-0.1, -0.05) is 30.3 Å². The lowest BCUT2D eigenvalue weighted by atomic mass is 10.0. The first-order chi connectivity index (χ1) is 8.27. The largest absolute Gasteiger partial charge is 0.469 e. The molecule has 1 saturated carbocycles. The summed E-state index contributed by atoms with van der Waals surface area (Å²) in [6.45, 7) is 1.98. The van der Waals surface area contributed by atoms with Crippen molar-refractivity contribution in [3.05, 3.63) is 59.5 Å². The van der Waals surface area contributed by atoms with E-state index in [4.69, 9.17) is 10.2 Å². The van der Waals surface area contributed by atoms with Crippen LogP contribution in [0.3, 0.4) is 0 Å². The summed E-state index contributed by atoms with van der Waals surface area (Å²) in [5.41, 5.74) is 8.89. The van der Waals surface area contributed by atoms with Crippen molar-refractivity contribution in [2.24, 2.45) is 11.7 Å². The van der Waals surface area contributed by atoms with Crippen molar-refractivity contribution >= 4 is 0 Å². The van der Waals surface area contributed by atoms with Crippen molar-refractivity contribution in [1.29, 1.82) is 0 Å². The Balaban J connectivity index is 1.75. The first-order valence-electron chi connectivity index (χ1n) is 6.12. The second-order valence-corrected chi connectivity index (χ2v) is 4.87. The Morgan fingerprint density at radius 3 is 2.65 bits per heavy atom. The van der Waals surface area contributed by atoms with E-state index in [9.17, 15) is 0 Å². The monoisotopic (exact) mass is 227 g/mol. The van der Waals surface area contributed by atoms with Gasteiger partial charge in [0.1, 0.15) is 5.76 Å². The highest BCUT2D eigenvalue weighted by Crippen LogP contribution is 2.53. The highest BCUT2D eigenvalue weighted by atomic mass is 16.3. The van der Waals surface area contributed by atoms with Crippen LogP contribution in [0.1, 0.15) is 35.3 Å². The predicted molar refractivity (Wildman–Crippen MR) is 67.7 cm³/mol. The maximum Gasteiger partial charge on any atom is 0.105 e. The first kappa shape index (κ1) is 10.6. The average Bonchev–Trinajstić information content (AvgIpc) is 3.05. The van der Waals surface area contributed by atoms with Crippen molar-refractivity contribution < 1.29 is 4.42 Å². The van der Waals surface area contributed by atoms with E-state index >= 15 is 0 Å². The molecule has 1 aromatic heterocycles. The predicted octanol–water partition coefficient (Wildman–Crippen LogP) is 3.39. The first-order valence-corrected chi connectivity index (χ1v) is 6.12. The van der Waals surface area contributed by atoms with E-state index in [0.29, 0.717) is 11.8 Å². The summed E-state index contributed by atoms with van der Waals surface area (Å²) >= 11 is 0. The van der Waals surface area contributed by atoms with Crippen LogP contribution < -0.4 is 5.73 Å². The van der Waals surface area contributed by atoms with Gasteiger partial charge in [-0.05, 0) is 36.8 Å². The Morgan fingerprint density at radius 1 is 1.24 bits per heavy atom. The number of hydrogen-bond acceptors (Lipinski definition) is 2. The van der Waals surface area contributed by atoms with Gasteiger partial charge in [-0.25, -0.2) is 0 Å². The number of nitrogens with two attached hydrogens (primary N) is 1. The van der Waals surface area contributed by atoms with E-state index in [1.165, 1.54) is 12.0 Å². The van der Waals surface area contributed by atoms with Gasteiger partial charge >= 0.3 is 0 Å². The lowest BCUT2D eigenvalue weighted by Gasteiger charge is -2.10. The minimum absolute atomic E-state index is 0.110. The lowest BCUT2D eigenvalue weighted by molar-refractivity contribution is 0.516. The Morgan fingerprint density at radius 2 is 2.00 bits per heavy atom. The molecule has 0 saturated heterocycles. The van der Waals surface area contributed by atoms with Crippen molar-refractivity contribution in [2.45, 2.75) is 25.3 Å². The number of hydrogen-bond donors (Lipinski definition) is 1. The van der Waals surface area contributed by atoms with Crippen LogP contribution in [0, 0.1) is 12.8 Å². The van der Waals surface area contributed by atoms with Crippen molar-refractivity contribution in [3.8, 4) is 0 Å². The molecule has 1 fully saturated rings. The molecule has 0 amide bonds. The second kappa shape index (κ2) is 4.04. The van der Waals surface area contributed by atoms with Crippen LogP contribution in [0.25, 0.3) is 0 Å². The van der Waals surface area contributed by atoms with Gasteiger partial charge in [-0.2, -0.15) is 0 Å². The summed E-state index contributed by atoms with van der Waals surface area (Å²) in [6, 6.07) is 12.7. The molecule has 1 heterocycles. The third-order valence-corrected chi connectivity index (χ3v) is 3.79. The van der Waals surface area contributed by atoms with E-state index in [0.717, 1.165) is 11.3 Å². The Kier molecular flexibility index (Phi) is 2.52. The van der Waals surface area contributed by atoms with Crippen LogP contribution in [-0.4, -0.2) is 0 Å². The summed E-state index contributed by atoms with van der Waals surface area (Å²) in [5, 5.41) is 0. The van der Waals surface area contributed by atoms with Gasteiger partial charge in [0.15, 0.2) is 0 Å². The smallest absolute Gasteiger partial charge is 0.105 e. The average molecular weight is 227 g/mol. The standard InChI is InChI=1S/C15H17NO/c1-10-12(7-8-17-10)15(16)14-9-13(14)11-5-3-2-4-6-11/h2-8,13-15H,9,16H2,1H3. The summed E-state index contributed by atoms with van der Waals surface area (Å²) in [4.78, 5) is 0. The fraction of sp³-hybridized carbons (Fsp3) is 0.333. The molecule has 1 aromatic carbocycles. The minimum atomic E-state index is 0.110. The van der Waals surface area contributed by atoms with Gasteiger partial charge in [0.2, 0.25) is 0 Å². The van der Waals surface area contributed by atoms with Crippen molar-refractivity contribution in [2.75, 3.05) is 0 Å². The fourth-order valence-electron chi connectivity index (χ4n) is 2.67. The molecule has 3 rings (SSSR count). The van der Waals surface area contributed by atoms with E-state index in [-0.39, 0.29) is 6.04 Å². The van der Waals surface area contributed by atoms with Gasteiger partial charge in [-0.15, -0.1) is 0 Å². The fourth-order valence-corrected chi connectivity index (χ4v) is 2.67. The number of furan rings is 1. The van der Waals surface area contributed by atoms with Crippen LogP contribution in [0.4, 0.5) is 0 Å². The maximum absolute atomic E-state index is 6.31. The molecule has 1 aliphatic carbocycles. The van der Waals surface area contributed by atoms with E-state index in [1.54, 1.807) is 6.26 Å². The van der Waals surface area contributed by atoms with Gasteiger partial charge in [0.25, 0.3) is 0 Å². The second-order valence-electron chi connectivity index (χ2n) is 4.87. The van der Waals surface area contributed by atoms with Crippen molar-refractivity contribution in [1.82, 2.24) is 0 Å². The SMILES string of the molecule is Cc1occc1C(N)C1CC1c1ccccc1. The molecule has 0 spiro atoms. The summed E-state index contributed by atoms with van der Waals surface area (Å²) in [6.07, 6.45) is 2.92. The van der Waals surface area contributed by atoms with Crippen LogP contribution >= 0.6 is 0 Å². The molecule has 3 unspecified atom stereocenters. The molecule has 0 aliphatic heterocycles. The Bertz CT molecular complexity index is 503. The zero-order chi connectivity index (χ0) is 11.8. The topological polar surface area (TPSA) is 39.2 Å². The third-order valence-electron chi connectivity index (χ3n) is 3.79. The van der Waals surface area contributed by atoms with E-state index < -0.39 is 0 Å². The molecule has 2 aromatic rings. The minimum Gasteiger partial charge on any atom is -0.469 e. The summed E-state index contributed by atoms with van der Waals surface area (Å²) in [7, 11) is 0. The lowest BCUT2D eigenvalue weighted by Crippen LogP contribution is -2.13. The van der Waals surface area contributed by atoms with Gasteiger partial charge in [-0.3, -0.25) is 0 Å². The van der Waals surface area contributed by atoms with Crippen molar-refractivity contribution in [3.63, 3.8) is 0 Å². The molecule has 3 atom stereocenters. The highest BCUT2D eigenvalue weighted by Gasteiger charge is 2.43. The maximum atomic E-state index is 6.31. The molecule has 0 radical (unpaired) electrons. The summed E-state index contributed by atoms with van der Waals surface area (Å²) in [5.74, 6) is 2.14. The molecule has 88 valence electrons. The van der Waals surface area contributed by atoms with Crippen LogP contribution in [0.2, 0.25) is 0 Å². The molecule has 2 heteroatoms. The quantitative estimate of drug-likeness (QED) is 0.873. The number of aryl methyl sites for hydroxylation is 1. The van der Waals surface area contributed by atoms with E-state index in [2.05, 4.69) is 30.3 Å². The molecule has 2 nitrogen and oxygen atoms in total. The molecule has 1 aliphatic rings. The van der Waals surface area contributed by atoms with Gasteiger partial charge < -0.3 is 10.2 Å². The zero-order valence-electron chi connectivity index (χ0n) is 9.97. The highest BCUT2D eigenvalue weighted by molar-refractivity contribution is 5.30.